The Kier molecular flexibility index (Phi) is 4.85. The lowest BCUT2D eigenvalue weighted by atomic mass is 10.1. The quantitative estimate of drug-likeness (QED) is 0.325. The van der Waals surface area contributed by atoms with Crippen molar-refractivity contribution >= 4 is 39.7 Å². The molecular weight excluding hydrogens is 341 g/mol. The summed E-state index contributed by atoms with van der Waals surface area (Å²) in [5.41, 5.74) is 3.56. The standard InChI is InChI=1S/C18H14FN3O2S/c1-11(13-10-12-6-2-5-9-16(12)24-17(13)23)21-22-18(25)20-15-8-4-3-7-14(15)19/h2-10H,1H3,(H2,20,22,25)/b21-11-. The molecule has 0 amide bonds. The Balaban J connectivity index is 1.77. The molecule has 0 bridgehead atoms. The van der Waals surface area contributed by atoms with Gasteiger partial charge in [0.05, 0.1) is 17.0 Å². The third kappa shape index (κ3) is 3.89. The zero-order valence-corrected chi connectivity index (χ0v) is 14.1. The van der Waals surface area contributed by atoms with Gasteiger partial charge in [-0.1, -0.05) is 30.3 Å². The zero-order chi connectivity index (χ0) is 17.8. The van der Waals surface area contributed by atoms with E-state index in [0.717, 1.165) is 5.39 Å². The summed E-state index contributed by atoms with van der Waals surface area (Å²) >= 11 is 5.08. The van der Waals surface area contributed by atoms with E-state index in [0.29, 0.717) is 16.9 Å². The van der Waals surface area contributed by atoms with Gasteiger partial charge in [0.2, 0.25) is 0 Å². The number of para-hydroxylation sites is 2. The highest BCUT2D eigenvalue weighted by Crippen LogP contribution is 2.13. The SMILES string of the molecule is C/C(=N/NC(=S)Nc1ccccc1F)c1cc2ccccc2oc1=O. The summed E-state index contributed by atoms with van der Waals surface area (Å²) in [6.07, 6.45) is 0. The predicted molar refractivity (Wildman–Crippen MR) is 100 cm³/mol. The molecule has 0 saturated heterocycles. The topological polar surface area (TPSA) is 66.6 Å². The summed E-state index contributed by atoms with van der Waals surface area (Å²) < 4.78 is 18.8. The van der Waals surface area contributed by atoms with Gasteiger partial charge in [0.25, 0.3) is 0 Å². The van der Waals surface area contributed by atoms with Crippen molar-refractivity contribution in [3.63, 3.8) is 0 Å². The summed E-state index contributed by atoms with van der Waals surface area (Å²) in [6, 6.07) is 15.0. The number of anilines is 1. The zero-order valence-electron chi connectivity index (χ0n) is 13.2. The highest BCUT2D eigenvalue weighted by Gasteiger charge is 2.09. The molecule has 1 aromatic heterocycles. The van der Waals surface area contributed by atoms with Crippen LogP contribution in [0, 0.1) is 5.82 Å². The van der Waals surface area contributed by atoms with E-state index in [-0.39, 0.29) is 10.8 Å². The number of halogens is 1. The average Bonchev–Trinajstić information content (AvgIpc) is 2.61. The number of rotatable bonds is 3. The van der Waals surface area contributed by atoms with Crippen LogP contribution in [0.4, 0.5) is 10.1 Å². The highest BCUT2D eigenvalue weighted by molar-refractivity contribution is 7.80. The van der Waals surface area contributed by atoms with Gasteiger partial charge < -0.3 is 9.73 Å². The second kappa shape index (κ2) is 7.23. The molecule has 0 unspecified atom stereocenters. The first kappa shape index (κ1) is 16.8. The number of thiocarbonyl (C=S) groups is 1. The third-order valence-electron chi connectivity index (χ3n) is 3.48. The van der Waals surface area contributed by atoms with E-state index in [4.69, 9.17) is 16.6 Å². The van der Waals surface area contributed by atoms with Gasteiger partial charge in [0.15, 0.2) is 5.11 Å². The van der Waals surface area contributed by atoms with Gasteiger partial charge in [-0.25, -0.2) is 9.18 Å². The molecule has 3 aromatic rings. The number of hydrogen-bond acceptors (Lipinski definition) is 4. The fourth-order valence-electron chi connectivity index (χ4n) is 2.22. The molecule has 0 fully saturated rings. The van der Waals surface area contributed by atoms with Gasteiger partial charge in [-0.05, 0) is 43.4 Å². The van der Waals surface area contributed by atoms with Crippen molar-refractivity contribution in [3.05, 3.63) is 76.4 Å². The third-order valence-corrected chi connectivity index (χ3v) is 3.67. The number of nitrogens with zero attached hydrogens (tertiary/aromatic N) is 1. The summed E-state index contributed by atoms with van der Waals surface area (Å²) in [5, 5.41) is 7.66. The monoisotopic (exact) mass is 355 g/mol. The molecule has 7 heteroatoms. The first-order chi connectivity index (χ1) is 12.0. The van der Waals surface area contributed by atoms with Crippen LogP contribution < -0.4 is 16.4 Å². The van der Waals surface area contributed by atoms with Crippen LogP contribution in [0.1, 0.15) is 12.5 Å². The van der Waals surface area contributed by atoms with Crippen molar-refractivity contribution < 1.29 is 8.81 Å². The van der Waals surface area contributed by atoms with Gasteiger partial charge in [-0.3, -0.25) is 5.43 Å². The largest absolute Gasteiger partial charge is 0.422 e. The number of nitrogens with one attached hydrogen (secondary N) is 2. The fourth-order valence-corrected chi connectivity index (χ4v) is 2.38. The Hall–Kier alpha value is -3.06. The van der Waals surface area contributed by atoms with E-state index in [9.17, 15) is 9.18 Å². The molecule has 0 aliphatic carbocycles. The van der Waals surface area contributed by atoms with Crippen molar-refractivity contribution in [2.24, 2.45) is 5.10 Å². The van der Waals surface area contributed by atoms with Crippen molar-refractivity contribution in [3.8, 4) is 0 Å². The van der Waals surface area contributed by atoms with E-state index in [1.54, 1.807) is 43.3 Å². The minimum absolute atomic E-state index is 0.106. The smallest absolute Gasteiger partial charge is 0.345 e. The van der Waals surface area contributed by atoms with E-state index in [2.05, 4.69) is 15.8 Å². The van der Waals surface area contributed by atoms with E-state index >= 15 is 0 Å². The lowest BCUT2D eigenvalue weighted by Crippen LogP contribution is -2.26. The minimum Gasteiger partial charge on any atom is -0.422 e. The fraction of sp³-hybridized carbons (Fsp3) is 0.0556. The lowest BCUT2D eigenvalue weighted by molar-refractivity contribution is 0.559. The van der Waals surface area contributed by atoms with Gasteiger partial charge in [0.1, 0.15) is 11.4 Å². The van der Waals surface area contributed by atoms with E-state index in [1.165, 1.54) is 6.07 Å². The molecule has 0 saturated carbocycles. The summed E-state index contributed by atoms with van der Waals surface area (Å²) in [4.78, 5) is 12.1. The van der Waals surface area contributed by atoms with Crippen LogP contribution >= 0.6 is 12.2 Å². The molecule has 25 heavy (non-hydrogen) atoms. The van der Waals surface area contributed by atoms with Gasteiger partial charge >= 0.3 is 5.63 Å². The first-order valence-electron chi connectivity index (χ1n) is 7.43. The molecule has 5 nitrogen and oxygen atoms in total. The van der Waals surface area contributed by atoms with Crippen molar-refractivity contribution in [2.45, 2.75) is 6.92 Å². The summed E-state index contributed by atoms with van der Waals surface area (Å²) in [7, 11) is 0. The molecule has 2 aromatic carbocycles. The maximum absolute atomic E-state index is 13.6. The summed E-state index contributed by atoms with van der Waals surface area (Å²) in [5.74, 6) is -0.428. The maximum atomic E-state index is 13.6. The van der Waals surface area contributed by atoms with Crippen LogP contribution in [0.15, 0.2) is 68.9 Å². The number of hydrazone groups is 1. The molecule has 2 N–H and O–H groups in total. The van der Waals surface area contributed by atoms with Crippen LogP contribution in [0.5, 0.6) is 0 Å². The number of fused-ring (bicyclic) bond motifs is 1. The van der Waals surface area contributed by atoms with Crippen molar-refractivity contribution in [1.82, 2.24) is 5.43 Å². The van der Waals surface area contributed by atoms with E-state index < -0.39 is 11.4 Å². The lowest BCUT2D eigenvalue weighted by Gasteiger charge is -2.08. The van der Waals surface area contributed by atoms with Crippen LogP contribution in [-0.4, -0.2) is 10.8 Å². The molecule has 0 radical (unpaired) electrons. The normalized spacial score (nSPS) is 11.4. The van der Waals surface area contributed by atoms with Crippen LogP contribution in [-0.2, 0) is 0 Å². The Morgan fingerprint density at radius 2 is 1.88 bits per heavy atom. The Bertz CT molecular complexity index is 1030. The number of hydrogen-bond donors (Lipinski definition) is 2. The molecule has 3 rings (SSSR count). The molecule has 0 aliphatic rings. The Morgan fingerprint density at radius 1 is 1.16 bits per heavy atom. The number of benzene rings is 2. The summed E-state index contributed by atoms with van der Waals surface area (Å²) in [6.45, 7) is 1.65. The highest BCUT2D eigenvalue weighted by atomic mass is 32.1. The maximum Gasteiger partial charge on any atom is 0.345 e. The Labute approximate surface area is 148 Å². The second-order valence-corrected chi connectivity index (χ2v) is 5.64. The minimum atomic E-state index is -0.491. The second-order valence-electron chi connectivity index (χ2n) is 5.23. The van der Waals surface area contributed by atoms with E-state index in [1.807, 2.05) is 12.1 Å². The van der Waals surface area contributed by atoms with Crippen molar-refractivity contribution in [1.29, 1.82) is 0 Å². The molecule has 0 aliphatic heterocycles. The predicted octanol–water partition coefficient (Wildman–Crippen LogP) is 3.64. The average molecular weight is 355 g/mol. The van der Waals surface area contributed by atoms with Crippen LogP contribution in [0.3, 0.4) is 0 Å². The van der Waals surface area contributed by atoms with Crippen LogP contribution in [0.2, 0.25) is 0 Å². The van der Waals surface area contributed by atoms with Crippen molar-refractivity contribution in [2.75, 3.05) is 5.32 Å². The van der Waals surface area contributed by atoms with Gasteiger partial charge in [0, 0.05) is 5.39 Å². The first-order valence-corrected chi connectivity index (χ1v) is 7.84. The molecule has 126 valence electrons. The van der Waals surface area contributed by atoms with Gasteiger partial charge in [-0.2, -0.15) is 5.10 Å². The van der Waals surface area contributed by atoms with Gasteiger partial charge in [-0.15, -0.1) is 0 Å². The molecular formula is C18H14FN3O2S. The molecule has 0 atom stereocenters. The van der Waals surface area contributed by atoms with Crippen LogP contribution in [0.25, 0.3) is 11.0 Å². The molecule has 1 heterocycles. The Morgan fingerprint density at radius 3 is 2.68 bits per heavy atom. The molecule has 0 spiro atoms.